The summed E-state index contributed by atoms with van der Waals surface area (Å²) in [5, 5.41) is 3.26. The third kappa shape index (κ3) is 5.06. The van der Waals surface area contributed by atoms with Crippen molar-refractivity contribution in [1.29, 1.82) is 0 Å². The monoisotopic (exact) mass is 361 g/mol. The summed E-state index contributed by atoms with van der Waals surface area (Å²) in [5.74, 6) is -0.120. The van der Waals surface area contributed by atoms with Crippen molar-refractivity contribution in [1.82, 2.24) is 0 Å². The van der Waals surface area contributed by atoms with Gasteiger partial charge in [-0.25, -0.2) is 4.79 Å². The maximum absolute atomic E-state index is 12.3. The highest BCUT2D eigenvalue weighted by Gasteiger charge is 2.23. The van der Waals surface area contributed by atoms with Gasteiger partial charge in [-0.15, -0.1) is 11.3 Å². The van der Waals surface area contributed by atoms with Crippen LogP contribution in [-0.4, -0.2) is 24.6 Å². The van der Waals surface area contributed by atoms with E-state index in [2.05, 4.69) is 5.32 Å². The van der Waals surface area contributed by atoms with E-state index >= 15 is 0 Å². The molecular weight excluding hydrogens is 338 g/mol. The molecule has 0 unspecified atom stereocenters. The molecule has 0 radical (unpaired) electrons. The van der Waals surface area contributed by atoms with E-state index in [4.69, 9.17) is 9.47 Å². The van der Waals surface area contributed by atoms with E-state index in [1.165, 1.54) is 11.3 Å². The van der Waals surface area contributed by atoms with E-state index in [0.29, 0.717) is 16.3 Å². The Morgan fingerprint density at radius 1 is 1.12 bits per heavy atom. The van der Waals surface area contributed by atoms with E-state index in [0.717, 1.165) is 16.0 Å². The van der Waals surface area contributed by atoms with Gasteiger partial charge in [-0.3, -0.25) is 4.79 Å². The lowest BCUT2D eigenvalue weighted by Gasteiger charge is -2.11. The van der Waals surface area contributed by atoms with E-state index in [-0.39, 0.29) is 18.6 Å². The number of amides is 1. The number of nitrogens with one attached hydrogen (secondary N) is 1. The molecule has 0 aliphatic carbocycles. The number of esters is 1. The Balaban J connectivity index is 2.06. The average molecular weight is 361 g/mol. The number of carbonyl (C=O) groups excluding carboxylic acids is 2. The zero-order valence-corrected chi connectivity index (χ0v) is 16.0. The van der Waals surface area contributed by atoms with Crippen LogP contribution in [0.15, 0.2) is 24.3 Å². The molecule has 0 fully saturated rings. The van der Waals surface area contributed by atoms with E-state index < -0.39 is 5.97 Å². The fraction of sp³-hybridized carbons (Fsp3) is 0.368. The first-order valence-electron chi connectivity index (χ1n) is 8.08. The van der Waals surface area contributed by atoms with E-state index in [9.17, 15) is 9.59 Å². The van der Waals surface area contributed by atoms with Gasteiger partial charge in [0.05, 0.1) is 11.7 Å². The predicted octanol–water partition coefficient (Wildman–Crippen LogP) is 4.26. The van der Waals surface area contributed by atoms with Crippen molar-refractivity contribution in [3.8, 4) is 5.75 Å². The lowest BCUT2D eigenvalue weighted by Crippen LogP contribution is -2.21. The molecule has 0 bridgehead atoms. The molecule has 1 N–H and O–H groups in total. The molecule has 2 rings (SSSR count). The smallest absolute Gasteiger partial charge is 0.341 e. The minimum Gasteiger partial charge on any atom is -0.484 e. The van der Waals surface area contributed by atoms with Gasteiger partial charge in [0.2, 0.25) is 0 Å². The molecule has 0 saturated heterocycles. The molecule has 0 saturated carbocycles. The summed E-state index contributed by atoms with van der Waals surface area (Å²) in [4.78, 5) is 25.5. The second kappa shape index (κ2) is 8.16. The van der Waals surface area contributed by atoms with Crippen LogP contribution in [0.2, 0.25) is 0 Å². The second-order valence-corrected chi connectivity index (χ2v) is 7.32. The molecule has 6 heteroatoms. The van der Waals surface area contributed by atoms with Gasteiger partial charge in [0, 0.05) is 4.88 Å². The topological polar surface area (TPSA) is 64.6 Å². The molecule has 1 aromatic heterocycles. The maximum atomic E-state index is 12.3. The minimum atomic E-state index is -0.424. The molecule has 1 amide bonds. The summed E-state index contributed by atoms with van der Waals surface area (Å²) >= 11 is 1.36. The van der Waals surface area contributed by atoms with Gasteiger partial charge < -0.3 is 14.8 Å². The molecule has 2 aromatic rings. The van der Waals surface area contributed by atoms with Crippen molar-refractivity contribution in [2.45, 2.75) is 40.7 Å². The van der Waals surface area contributed by atoms with Crippen molar-refractivity contribution in [3.63, 3.8) is 0 Å². The van der Waals surface area contributed by atoms with Crippen LogP contribution in [0.5, 0.6) is 5.75 Å². The Bertz CT molecular complexity index is 762. The molecule has 0 atom stereocenters. The highest BCUT2D eigenvalue weighted by molar-refractivity contribution is 7.16. The van der Waals surface area contributed by atoms with Gasteiger partial charge in [-0.2, -0.15) is 0 Å². The van der Waals surface area contributed by atoms with Crippen LogP contribution >= 0.6 is 11.3 Å². The Kier molecular flexibility index (Phi) is 6.20. The van der Waals surface area contributed by atoms with Crippen molar-refractivity contribution in [2.24, 2.45) is 0 Å². The van der Waals surface area contributed by atoms with Crippen molar-refractivity contribution >= 4 is 28.2 Å². The van der Waals surface area contributed by atoms with Crippen molar-refractivity contribution < 1.29 is 19.1 Å². The fourth-order valence-electron chi connectivity index (χ4n) is 2.18. The molecule has 25 heavy (non-hydrogen) atoms. The number of carbonyl (C=O) groups is 2. The Labute approximate surface area is 152 Å². The number of anilines is 1. The van der Waals surface area contributed by atoms with Gasteiger partial charge in [-0.05, 0) is 52.3 Å². The molecule has 1 aromatic carbocycles. The second-order valence-electron chi connectivity index (χ2n) is 6.09. The Hall–Kier alpha value is -2.34. The quantitative estimate of drug-likeness (QED) is 0.781. The zero-order valence-electron chi connectivity index (χ0n) is 15.1. The van der Waals surface area contributed by atoms with Crippen LogP contribution in [0.1, 0.15) is 40.2 Å². The zero-order chi connectivity index (χ0) is 18.6. The van der Waals surface area contributed by atoms with Crippen LogP contribution in [0.4, 0.5) is 5.00 Å². The van der Waals surface area contributed by atoms with Crippen molar-refractivity contribution in [2.75, 3.05) is 11.9 Å². The van der Waals surface area contributed by atoms with E-state index in [1.807, 2.05) is 45.0 Å². The molecular formula is C19H23NO4S. The Morgan fingerprint density at radius 2 is 1.76 bits per heavy atom. The molecule has 1 heterocycles. The standard InChI is InChI=1S/C19H23NO4S/c1-11(2)24-19(22)17-13(4)14(5)25-18(17)20-16(21)10-23-15-8-6-12(3)7-9-15/h6-9,11H,10H2,1-5H3,(H,20,21). The van der Waals surface area contributed by atoms with Gasteiger partial charge in [-0.1, -0.05) is 17.7 Å². The third-order valence-corrected chi connectivity index (χ3v) is 4.70. The van der Waals surface area contributed by atoms with Crippen LogP contribution in [0.3, 0.4) is 0 Å². The SMILES string of the molecule is Cc1ccc(OCC(=O)Nc2sc(C)c(C)c2C(=O)OC(C)C)cc1. The van der Waals surface area contributed by atoms with Gasteiger partial charge in [0.1, 0.15) is 10.8 Å². The number of thiophene rings is 1. The summed E-state index contributed by atoms with van der Waals surface area (Å²) in [7, 11) is 0. The highest BCUT2D eigenvalue weighted by Crippen LogP contribution is 2.33. The number of ether oxygens (including phenoxy) is 2. The first-order chi connectivity index (χ1) is 11.8. The van der Waals surface area contributed by atoms with Crippen molar-refractivity contribution in [3.05, 3.63) is 45.8 Å². The summed E-state index contributed by atoms with van der Waals surface area (Å²) < 4.78 is 10.8. The summed E-state index contributed by atoms with van der Waals surface area (Å²) in [6, 6.07) is 7.46. The van der Waals surface area contributed by atoms with Gasteiger partial charge in [0.25, 0.3) is 5.91 Å². The number of aryl methyl sites for hydroxylation is 2. The highest BCUT2D eigenvalue weighted by atomic mass is 32.1. The summed E-state index contributed by atoms with van der Waals surface area (Å²) in [6.45, 7) is 9.19. The third-order valence-electron chi connectivity index (χ3n) is 3.58. The molecule has 134 valence electrons. The maximum Gasteiger partial charge on any atom is 0.341 e. The predicted molar refractivity (Wildman–Crippen MR) is 99.6 cm³/mol. The summed E-state index contributed by atoms with van der Waals surface area (Å²) in [6.07, 6.45) is -0.222. The number of hydrogen-bond donors (Lipinski definition) is 1. The first-order valence-corrected chi connectivity index (χ1v) is 8.90. The number of hydrogen-bond acceptors (Lipinski definition) is 5. The largest absolute Gasteiger partial charge is 0.484 e. The molecule has 0 aliphatic rings. The van der Waals surface area contributed by atoms with Crippen LogP contribution in [0.25, 0.3) is 0 Å². The normalized spacial score (nSPS) is 10.6. The van der Waals surface area contributed by atoms with Crippen LogP contribution in [-0.2, 0) is 9.53 Å². The molecule has 0 aliphatic heterocycles. The number of benzene rings is 1. The fourth-order valence-corrected chi connectivity index (χ4v) is 3.24. The van der Waals surface area contributed by atoms with Crippen LogP contribution < -0.4 is 10.1 Å². The van der Waals surface area contributed by atoms with Gasteiger partial charge in [0.15, 0.2) is 6.61 Å². The first kappa shape index (κ1) is 19.0. The van der Waals surface area contributed by atoms with Gasteiger partial charge >= 0.3 is 5.97 Å². The molecule has 0 spiro atoms. The van der Waals surface area contributed by atoms with Crippen LogP contribution in [0, 0.1) is 20.8 Å². The molecule has 5 nitrogen and oxygen atoms in total. The Morgan fingerprint density at radius 3 is 2.36 bits per heavy atom. The number of rotatable bonds is 6. The lowest BCUT2D eigenvalue weighted by molar-refractivity contribution is -0.118. The average Bonchev–Trinajstić information content (AvgIpc) is 2.80. The van der Waals surface area contributed by atoms with E-state index in [1.54, 1.807) is 13.8 Å². The summed E-state index contributed by atoms with van der Waals surface area (Å²) in [5.41, 5.74) is 2.36. The minimum absolute atomic E-state index is 0.127. The lowest BCUT2D eigenvalue weighted by atomic mass is 10.1.